The van der Waals surface area contributed by atoms with Gasteiger partial charge in [-0.15, -0.1) is 0 Å². The third-order valence-corrected chi connectivity index (χ3v) is 6.61. The molecule has 0 aliphatic carbocycles. The molecule has 0 aliphatic heterocycles. The fourth-order valence-electron chi connectivity index (χ4n) is 4.85. The molecule has 0 bridgehead atoms. The van der Waals surface area contributed by atoms with Crippen LogP contribution in [0.4, 0.5) is 17.1 Å². The number of hydrogen-bond donors (Lipinski definition) is 1. The third-order valence-electron chi connectivity index (χ3n) is 6.61. The maximum Gasteiger partial charge on any atom is 0.304 e. The highest BCUT2D eigenvalue weighted by Crippen LogP contribution is 2.39. The second kappa shape index (κ2) is 9.13. The Balaban J connectivity index is 1.49. The Bertz CT molecular complexity index is 1610. The number of anilines is 3. The molecule has 0 aromatic heterocycles. The number of nitrogens with zero attached hydrogens (tertiary/aromatic N) is 1. The van der Waals surface area contributed by atoms with Crippen molar-refractivity contribution in [2.24, 2.45) is 0 Å². The minimum Gasteiger partial charge on any atom is -0.449 e. The van der Waals surface area contributed by atoms with Crippen LogP contribution in [-0.2, 0) is 0 Å². The molecule has 6 rings (SSSR count). The van der Waals surface area contributed by atoms with Crippen LogP contribution in [0.3, 0.4) is 0 Å². The number of rotatable bonds is 5. The van der Waals surface area contributed by atoms with Crippen LogP contribution in [0.15, 0.2) is 133 Å². The monoisotopic (exact) mass is 449 g/mol. The first-order valence-corrected chi connectivity index (χ1v) is 11.9. The molecule has 1 N–H and O–H groups in total. The second-order valence-electron chi connectivity index (χ2n) is 8.73. The maximum atomic E-state index is 9.54. The van der Waals surface area contributed by atoms with Crippen LogP contribution >= 0.6 is 0 Å². The molecule has 0 saturated carbocycles. The van der Waals surface area contributed by atoms with Crippen LogP contribution < -0.4 is 10.4 Å². The molecule has 0 fully saturated rings. The largest absolute Gasteiger partial charge is 0.449 e. The predicted molar refractivity (Wildman–Crippen MR) is 151 cm³/mol. The summed E-state index contributed by atoms with van der Waals surface area (Å²) >= 11 is 0. The SMILES string of the molecule is OBc1ccc(N(c2ccc(-c3cccc4ccccc34)cc2)c2cccc3ccccc23)cc1. The molecule has 0 saturated heterocycles. The highest BCUT2D eigenvalue weighted by molar-refractivity contribution is 6.45. The van der Waals surface area contributed by atoms with Gasteiger partial charge < -0.3 is 9.92 Å². The number of benzene rings is 6. The summed E-state index contributed by atoms with van der Waals surface area (Å²) in [5.41, 5.74) is 6.59. The Morgan fingerprint density at radius 3 is 1.71 bits per heavy atom. The summed E-state index contributed by atoms with van der Waals surface area (Å²) in [7, 11) is 0.0360. The van der Waals surface area contributed by atoms with E-state index in [0.29, 0.717) is 0 Å². The van der Waals surface area contributed by atoms with Gasteiger partial charge in [0, 0.05) is 16.8 Å². The van der Waals surface area contributed by atoms with E-state index in [1.54, 1.807) is 0 Å². The smallest absolute Gasteiger partial charge is 0.304 e. The van der Waals surface area contributed by atoms with E-state index < -0.39 is 0 Å². The highest BCUT2D eigenvalue weighted by Gasteiger charge is 2.15. The van der Waals surface area contributed by atoms with Gasteiger partial charge in [0.15, 0.2) is 0 Å². The summed E-state index contributed by atoms with van der Waals surface area (Å²) < 4.78 is 0. The standard InChI is InChI=1S/C32H24BNO/c35-33-26-17-21-28(22-18-26)34(32-14-6-10-24-8-2-4-12-31(24)32)27-19-15-25(16-20-27)30-13-5-9-23-7-1-3-11-29(23)30/h1-22,33,35H. The van der Waals surface area contributed by atoms with Crippen LogP contribution in [0, 0.1) is 0 Å². The molecule has 0 unspecified atom stereocenters. The van der Waals surface area contributed by atoms with E-state index >= 15 is 0 Å². The lowest BCUT2D eigenvalue weighted by Gasteiger charge is -2.27. The zero-order chi connectivity index (χ0) is 23.6. The molecule has 0 amide bonds. The molecule has 6 aromatic rings. The summed E-state index contributed by atoms with van der Waals surface area (Å²) in [6, 6.07) is 46.8. The molecular weight excluding hydrogens is 425 g/mol. The normalized spacial score (nSPS) is 11.0. The molecule has 0 aliphatic rings. The summed E-state index contributed by atoms with van der Waals surface area (Å²) in [6.45, 7) is 0. The van der Waals surface area contributed by atoms with Crippen LogP contribution in [0.1, 0.15) is 0 Å². The van der Waals surface area contributed by atoms with Crippen molar-refractivity contribution in [1.82, 2.24) is 0 Å². The van der Waals surface area contributed by atoms with Gasteiger partial charge >= 0.3 is 7.48 Å². The van der Waals surface area contributed by atoms with E-state index in [1.165, 1.54) is 32.7 Å². The van der Waals surface area contributed by atoms with Gasteiger partial charge in [-0.3, -0.25) is 0 Å². The van der Waals surface area contributed by atoms with Crippen molar-refractivity contribution in [2.45, 2.75) is 0 Å². The number of hydrogen-bond acceptors (Lipinski definition) is 2. The molecule has 3 heteroatoms. The first-order chi connectivity index (χ1) is 17.3. The maximum absolute atomic E-state index is 9.54. The first kappa shape index (κ1) is 21.2. The fourth-order valence-corrected chi connectivity index (χ4v) is 4.85. The Kier molecular flexibility index (Phi) is 5.54. The number of fused-ring (bicyclic) bond motifs is 2. The van der Waals surface area contributed by atoms with Crippen LogP contribution in [-0.4, -0.2) is 12.5 Å². The van der Waals surface area contributed by atoms with E-state index in [0.717, 1.165) is 22.5 Å². The molecule has 166 valence electrons. The van der Waals surface area contributed by atoms with Crippen molar-refractivity contribution < 1.29 is 5.02 Å². The van der Waals surface area contributed by atoms with Crippen molar-refractivity contribution in [3.63, 3.8) is 0 Å². The van der Waals surface area contributed by atoms with Gasteiger partial charge in [-0.25, -0.2) is 0 Å². The molecule has 2 nitrogen and oxygen atoms in total. The van der Waals surface area contributed by atoms with E-state index in [9.17, 15) is 5.02 Å². The molecule has 6 aromatic carbocycles. The van der Waals surface area contributed by atoms with E-state index in [2.05, 4.69) is 126 Å². The summed E-state index contributed by atoms with van der Waals surface area (Å²) in [6.07, 6.45) is 0. The lowest BCUT2D eigenvalue weighted by molar-refractivity contribution is 0.615. The van der Waals surface area contributed by atoms with Gasteiger partial charge in [0.25, 0.3) is 0 Å². The molecule has 0 spiro atoms. The van der Waals surface area contributed by atoms with Gasteiger partial charge in [-0.2, -0.15) is 0 Å². The quantitative estimate of drug-likeness (QED) is 0.284. The summed E-state index contributed by atoms with van der Waals surface area (Å²) in [5, 5.41) is 14.4. The summed E-state index contributed by atoms with van der Waals surface area (Å²) in [4.78, 5) is 2.29. The molecular formula is C32H24BNO. The highest BCUT2D eigenvalue weighted by atomic mass is 16.2. The van der Waals surface area contributed by atoms with E-state index in [-0.39, 0.29) is 7.48 Å². The molecule has 0 heterocycles. The lowest BCUT2D eigenvalue weighted by Crippen LogP contribution is -2.15. The Morgan fingerprint density at radius 1 is 0.486 bits per heavy atom. The van der Waals surface area contributed by atoms with Gasteiger partial charge in [-0.1, -0.05) is 109 Å². The molecule has 35 heavy (non-hydrogen) atoms. The molecule has 0 radical (unpaired) electrons. The van der Waals surface area contributed by atoms with Gasteiger partial charge in [-0.05, 0) is 57.6 Å². The zero-order valence-corrected chi connectivity index (χ0v) is 19.3. The van der Waals surface area contributed by atoms with E-state index in [4.69, 9.17) is 0 Å². The zero-order valence-electron chi connectivity index (χ0n) is 19.3. The van der Waals surface area contributed by atoms with E-state index in [1.807, 2.05) is 12.1 Å². The van der Waals surface area contributed by atoms with Crippen molar-refractivity contribution in [3.05, 3.63) is 133 Å². The Hall–Kier alpha value is -4.34. The Labute approximate surface area is 206 Å². The van der Waals surface area contributed by atoms with Crippen LogP contribution in [0.5, 0.6) is 0 Å². The lowest BCUT2D eigenvalue weighted by atomic mass is 9.89. The Morgan fingerprint density at radius 2 is 1.03 bits per heavy atom. The van der Waals surface area contributed by atoms with Crippen molar-refractivity contribution in [1.29, 1.82) is 0 Å². The molecule has 0 atom stereocenters. The minimum absolute atomic E-state index is 0.0360. The van der Waals surface area contributed by atoms with Crippen molar-refractivity contribution in [2.75, 3.05) is 4.90 Å². The fraction of sp³-hybridized carbons (Fsp3) is 0. The van der Waals surface area contributed by atoms with Crippen molar-refractivity contribution >= 4 is 51.6 Å². The predicted octanol–water partition coefficient (Wildman–Crippen LogP) is 7.10. The van der Waals surface area contributed by atoms with Crippen molar-refractivity contribution in [3.8, 4) is 11.1 Å². The van der Waals surface area contributed by atoms with Gasteiger partial charge in [0.05, 0.1) is 5.69 Å². The topological polar surface area (TPSA) is 23.5 Å². The minimum atomic E-state index is 0.0360. The summed E-state index contributed by atoms with van der Waals surface area (Å²) in [5.74, 6) is 0. The van der Waals surface area contributed by atoms with Gasteiger partial charge in [0.1, 0.15) is 0 Å². The van der Waals surface area contributed by atoms with Crippen LogP contribution in [0.25, 0.3) is 32.7 Å². The van der Waals surface area contributed by atoms with Gasteiger partial charge in [0.2, 0.25) is 0 Å². The third kappa shape index (κ3) is 3.97. The second-order valence-corrected chi connectivity index (χ2v) is 8.73. The van der Waals surface area contributed by atoms with Crippen LogP contribution in [0.2, 0.25) is 0 Å². The average Bonchev–Trinajstić information content (AvgIpc) is 2.94. The average molecular weight is 449 g/mol. The first-order valence-electron chi connectivity index (χ1n) is 11.9.